The lowest BCUT2D eigenvalue weighted by Crippen LogP contribution is -2.38. The number of carbonyl (C=O) groups is 1. The number of carbonyl (C=O) groups excluding carboxylic acids is 1. The molecule has 0 fully saturated rings. The lowest BCUT2D eigenvalue weighted by atomic mass is 10.3. The third-order valence-electron chi connectivity index (χ3n) is 2.69. The average molecular weight is 319 g/mol. The predicted molar refractivity (Wildman–Crippen MR) is 81.4 cm³/mol. The number of nitrogens with one attached hydrogen (secondary N) is 1. The fourth-order valence-corrected chi connectivity index (χ4v) is 3.09. The van der Waals surface area contributed by atoms with E-state index in [1.807, 2.05) is 0 Å². The number of hydrogen-bond acceptors (Lipinski definition) is 3. The minimum Gasteiger partial charge on any atom is -0.326 e. The van der Waals surface area contributed by atoms with Crippen molar-refractivity contribution in [3.63, 3.8) is 0 Å². The van der Waals surface area contributed by atoms with Crippen LogP contribution in [0.3, 0.4) is 0 Å². The molecule has 0 aliphatic carbocycles. The Morgan fingerprint density at radius 1 is 1.30 bits per heavy atom. The van der Waals surface area contributed by atoms with Gasteiger partial charge in [0, 0.05) is 29.7 Å². The van der Waals surface area contributed by atoms with E-state index in [1.165, 1.54) is 4.31 Å². The zero-order valence-corrected chi connectivity index (χ0v) is 13.3. The first-order valence-corrected chi connectivity index (χ1v) is 8.45. The molecular weight excluding hydrogens is 300 g/mol. The maximum absolute atomic E-state index is 11.8. The van der Waals surface area contributed by atoms with E-state index >= 15 is 0 Å². The molecule has 1 amide bonds. The number of nitrogens with zero attached hydrogens (tertiary/aromatic N) is 1. The summed E-state index contributed by atoms with van der Waals surface area (Å²) in [6.45, 7) is 3.71. The molecule has 0 aliphatic heterocycles. The van der Waals surface area contributed by atoms with Crippen molar-refractivity contribution in [1.29, 1.82) is 0 Å². The van der Waals surface area contributed by atoms with Gasteiger partial charge in [-0.1, -0.05) is 11.6 Å². The summed E-state index contributed by atoms with van der Waals surface area (Å²) in [6.07, 6.45) is 1.25. The van der Waals surface area contributed by atoms with Gasteiger partial charge in [0.1, 0.15) is 0 Å². The van der Waals surface area contributed by atoms with Crippen LogP contribution in [0.25, 0.3) is 0 Å². The predicted octanol–water partition coefficient (Wildman–Crippen LogP) is 2.34. The van der Waals surface area contributed by atoms with Crippen molar-refractivity contribution < 1.29 is 13.2 Å². The van der Waals surface area contributed by atoms with E-state index in [0.29, 0.717) is 10.7 Å². The Kier molecular flexibility index (Phi) is 5.98. The maximum Gasteiger partial charge on any atom is 0.225 e. The van der Waals surface area contributed by atoms with Crippen LogP contribution < -0.4 is 5.32 Å². The topological polar surface area (TPSA) is 66.5 Å². The van der Waals surface area contributed by atoms with Crippen LogP contribution in [-0.4, -0.2) is 37.5 Å². The lowest BCUT2D eigenvalue weighted by Gasteiger charge is -2.23. The summed E-state index contributed by atoms with van der Waals surface area (Å²) in [4.78, 5) is 11.8. The Morgan fingerprint density at radius 3 is 2.30 bits per heavy atom. The first kappa shape index (κ1) is 16.9. The van der Waals surface area contributed by atoms with E-state index in [0.717, 1.165) is 6.26 Å². The Bertz CT molecular complexity index is 555. The maximum atomic E-state index is 11.8. The molecule has 0 unspecified atom stereocenters. The van der Waals surface area contributed by atoms with Crippen LogP contribution in [-0.2, 0) is 14.8 Å². The van der Waals surface area contributed by atoms with Crippen LogP contribution in [0.1, 0.15) is 20.3 Å². The first-order chi connectivity index (χ1) is 9.20. The quantitative estimate of drug-likeness (QED) is 0.875. The largest absolute Gasteiger partial charge is 0.326 e. The molecule has 0 atom stereocenters. The van der Waals surface area contributed by atoms with Crippen LogP contribution in [0.4, 0.5) is 5.69 Å². The second kappa shape index (κ2) is 7.06. The Labute approximate surface area is 125 Å². The van der Waals surface area contributed by atoms with Crippen LogP contribution in [0.5, 0.6) is 0 Å². The van der Waals surface area contributed by atoms with Crippen molar-refractivity contribution in [1.82, 2.24) is 4.31 Å². The number of sulfonamides is 1. The van der Waals surface area contributed by atoms with Gasteiger partial charge in [0.2, 0.25) is 15.9 Å². The van der Waals surface area contributed by atoms with Gasteiger partial charge in [-0.15, -0.1) is 0 Å². The summed E-state index contributed by atoms with van der Waals surface area (Å²) in [7, 11) is -3.30. The highest BCUT2D eigenvalue weighted by atomic mass is 35.5. The summed E-state index contributed by atoms with van der Waals surface area (Å²) < 4.78 is 24.4. The summed E-state index contributed by atoms with van der Waals surface area (Å²) in [5.74, 6) is -0.235. The Morgan fingerprint density at radius 2 is 1.85 bits per heavy atom. The first-order valence-electron chi connectivity index (χ1n) is 6.22. The number of amides is 1. The number of halogens is 1. The summed E-state index contributed by atoms with van der Waals surface area (Å²) >= 11 is 5.75. The van der Waals surface area contributed by atoms with Crippen molar-refractivity contribution in [3.05, 3.63) is 29.3 Å². The number of rotatable bonds is 6. The summed E-state index contributed by atoms with van der Waals surface area (Å²) in [5.41, 5.74) is 0.634. The molecule has 5 nitrogen and oxygen atoms in total. The van der Waals surface area contributed by atoms with E-state index in [1.54, 1.807) is 38.1 Å². The van der Waals surface area contributed by atoms with Gasteiger partial charge in [0.15, 0.2) is 0 Å². The van der Waals surface area contributed by atoms with Crippen LogP contribution in [0.2, 0.25) is 5.02 Å². The Hall–Kier alpha value is -1.11. The van der Waals surface area contributed by atoms with E-state index < -0.39 is 10.0 Å². The van der Waals surface area contributed by atoms with Gasteiger partial charge in [-0.05, 0) is 38.1 Å². The van der Waals surface area contributed by atoms with Gasteiger partial charge in [0.25, 0.3) is 0 Å². The number of hydrogen-bond donors (Lipinski definition) is 1. The lowest BCUT2D eigenvalue weighted by molar-refractivity contribution is -0.116. The van der Waals surface area contributed by atoms with Crippen LogP contribution in [0.15, 0.2) is 24.3 Å². The molecule has 1 aromatic rings. The van der Waals surface area contributed by atoms with Gasteiger partial charge in [-0.2, -0.15) is 4.31 Å². The molecule has 0 radical (unpaired) electrons. The van der Waals surface area contributed by atoms with Crippen molar-refractivity contribution in [2.75, 3.05) is 18.1 Å². The van der Waals surface area contributed by atoms with Crippen molar-refractivity contribution in [2.45, 2.75) is 26.3 Å². The van der Waals surface area contributed by atoms with E-state index in [2.05, 4.69) is 5.32 Å². The number of benzene rings is 1. The normalized spacial score (nSPS) is 11.9. The van der Waals surface area contributed by atoms with Gasteiger partial charge < -0.3 is 5.32 Å². The monoisotopic (exact) mass is 318 g/mol. The molecule has 0 saturated heterocycles. The highest BCUT2D eigenvalue weighted by Crippen LogP contribution is 2.14. The molecule has 1 rings (SSSR count). The van der Waals surface area contributed by atoms with Gasteiger partial charge >= 0.3 is 0 Å². The fourth-order valence-electron chi connectivity index (χ4n) is 1.78. The zero-order valence-electron chi connectivity index (χ0n) is 11.8. The molecule has 0 saturated carbocycles. The molecule has 0 spiro atoms. The van der Waals surface area contributed by atoms with Gasteiger partial charge in [-0.25, -0.2) is 8.42 Å². The molecule has 0 aromatic heterocycles. The van der Waals surface area contributed by atoms with Crippen molar-refractivity contribution in [2.24, 2.45) is 0 Å². The second-order valence-electron chi connectivity index (χ2n) is 4.77. The highest BCUT2D eigenvalue weighted by Gasteiger charge is 2.20. The summed E-state index contributed by atoms with van der Waals surface area (Å²) in [6, 6.07) is 6.56. The third-order valence-corrected chi connectivity index (χ3v) is 4.40. The summed E-state index contributed by atoms with van der Waals surface area (Å²) in [5, 5.41) is 3.28. The molecule has 20 heavy (non-hydrogen) atoms. The molecule has 0 bridgehead atoms. The second-order valence-corrected chi connectivity index (χ2v) is 7.14. The van der Waals surface area contributed by atoms with E-state index in [9.17, 15) is 13.2 Å². The van der Waals surface area contributed by atoms with E-state index in [4.69, 9.17) is 11.6 Å². The minimum atomic E-state index is -3.30. The van der Waals surface area contributed by atoms with Crippen LogP contribution in [0, 0.1) is 0 Å². The molecular formula is C13H19ClN2O3S. The SMILES string of the molecule is CC(C)N(CCC(=O)Nc1ccc(Cl)cc1)S(C)(=O)=O. The third kappa shape index (κ3) is 5.48. The molecule has 1 aromatic carbocycles. The molecule has 1 N–H and O–H groups in total. The molecule has 0 heterocycles. The molecule has 112 valence electrons. The van der Waals surface area contributed by atoms with E-state index in [-0.39, 0.29) is 24.9 Å². The van der Waals surface area contributed by atoms with Crippen molar-refractivity contribution in [3.8, 4) is 0 Å². The molecule has 7 heteroatoms. The average Bonchev–Trinajstić information content (AvgIpc) is 2.30. The minimum absolute atomic E-state index is 0.105. The van der Waals surface area contributed by atoms with Gasteiger partial charge in [-0.3, -0.25) is 4.79 Å². The van der Waals surface area contributed by atoms with Gasteiger partial charge in [0.05, 0.1) is 6.26 Å². The molecule has 0 aliphatic rings. The number of anilines is 1. The Balaban J connectivity index is 2.56. The fraction of sp³-hybridized carbons (Fsp3) is 0.462. The van der Waals surface area contributed by atoms with Crippen molar-refractivity contribution >= 4 is 33.2 Å². The highest BCUT2D eigenvalue weighted by molar-refractivity contribution is 7.88. The smallest absolute Gasteiger partial charge is 0.225 e. The standard InChI is InChI=1S/C13H19ClN2O3S/c1-10(2)16(20(3,18)19)9-8-13(17)15-12-6-4-11(14)5-7-12/h4-7,10H,8-9H2,1-3H3,(H,15,17). The zero-order chi connectivity index (χ0) is 15.3. The van der Waals surface area contributed by atoms with Crippen LogP contribution >= 0.6 is 11.6 Å².